The van der Waals surface area contributed by atoms with E-state index in [0.29, 0.717) is 13.1 Å². The molecule has 7 heteroatoms. The highest BCUT2D eigenvalue weighted by atomic mass is 16.5. The number of nitrogens with one attached hydrogen (secondary N) is 1. The van der Waals surface area contributed by atoms with Crippen molar-refractivity contribution in [1.29, 1.82) is 0 Å². The SMILES string of the molecule is CO[C@H](C)[C@H](NC(=O)O)C(=O)N1C[C@@H](C)O[C@@H](C)C1. The molecule has 1 aliphatic heterocycles. The Morgan fingerprint density at radius 3 is 2.32 bits per heavy atom. The molecule has 0 aliphatic carbocycles. The Morgan fingerprint density at radius 1 is 1.37 bits per heavy atom. The fourth-order valence-corrected chi connectivity index (χ4v) is 2.20. The number of hydrogen-bond acceptors (Lipinski definition) is 4. The van der Waals surface area contributed by atoms with Crippen LogP contribution in [0.1, 0.15) is 20.8 Å². The van der Waals surface area contributed by atoms with Gasteiger partial charge in [0.1, 0.15) is 6.04 Å². The van der Waals surface area contributed by atoms with E-state index < -0.39 is 18.2 Å². The van der Waals surface area contributed by atoms with E-state index in [9.17, 15) is 9.59 Å². The molecule has 4 atom stereocenters. The van der Waals surface area contributed by atoms with Crippen LogP contribution < -0.4 is 5.32 Å². The van der Waals surface area contributed by atoms with E-state index in [4.69, 9.17) is 14.6 Å². The molecule has 110 valence electrons. The maximum Gasteiger partial charge on any atom is 0.405 e. The summed E-state index contributed by atoms with van der Waals surface area (Å²) >= 11 is 0. The summed E-state index contributed by atoms with van der Waals surface area (Å²) in [4.78, 5) is 24.8. The highest BCUT2D eigenvalue weighted by Crippen LogP contribution is 2.13. The van der Waals surface area contributed by atoms with Gasteiger partial charge in [0.25, 0.3) is 0 Å². The molecule has 0 spiro atoms. The van der Waals surface area contributed by atoms with Crippen LogP contribution in [0.15, 0.2) is 0 Å². The fourth-order valence-electron chi connectivity index (χ4n) is 2.20. The molecule has 1 heterocycles. The van der Waals surface area contributed by atoms with Crippen LogP contribution in [0.2, 0.25) is 0 Å². The highest BCUT2D eigenvalue weighted by Gasteiger charge is 2.34. The maximum atomic E-state index is 12.4. The average molecular weight is 274 g/mol. The molecule has 1 rings (SSSR count). The molecule has 1 fully saturated rings. The Hall–Kier alpha value is -1.34. The molecular formula is C12H22N2O5. The zero-order valence-electron chi connectivity index (χ0n) is 11.8. The van der Waals surface area contributed by atoms with Gasteiger partial charge in [0, 0.05) is 20.2 Å². The zero-order chi connectivity index (χ0) is 14.6. The maximum absolute atomic E-state index is 12.4. The van der Waals surface area contributed by atoms with Gasteiger partial charge in [-0.05, 0) is 20.8 Å². The second-order valence-electron chi connectivity index (χ2n) is 4.87. The number of carbonyl (C=O) groups excluding carboxylic acids is 1. The van der Waals surface area contributed by atoms with Gasteiger partial charge in [-0.2, -0.15) is 0 Å². The predicted molar refractivity (Wildman–Crippen MR) is 68.0 cm³/mol. The molecule has 2 amide bonds. The normalized spacial score (nSPS) is 26.6. The Morgan fingerprint density at radius 2 is 1.89 bits per heavy atom. The van der Waals surface area contributed by atoms with Gasteiger partial charge in [0.15, 0.2) is 0 Å². The lowest BCUT2D eigenvalue weighted by Gasteiger charge is -2.37. The predicted octanol–water partition coefficient (Wildman–Crippen LogP) is 0.293. The average Bonchev–Trinajstić information content (AvgIpc) is 2.32. The lowest BCUT2D eigenvalue weighted by Crippen LogP contribution is -2.58. The molecular weight excluding hydrogens is 252 g/mol. The summed E-state index contributed by atoms with van der Waals surface area (Å²) in [5.41, 5.74) is 0. The second kappa shape index (κ2) is 6.72. The number of nitrogens with zero attached hydrogens (tertiary/aromatic N) is 1. The quantitative estimate of drug-likeness (QED) is 0.769. The minimum Gasteiger partial charge on any atom is -0.465 e. The van der Waals surface area contributed by atoms with Crippen molar-refractivity contribution in [3.63, 3.8) is 0 Å². The summed E-state index contributed by atoms with van der Waals surface area (Å²) in [7, 11) is 1.44. The first-order chi connectivity index (χ1) is 8.85. The molecule has 1 saturated heterocycles. The number of amides is 2. The van der Waals surface area contributed by atoms with Gasteiger partial charge in [0.2, 0.25) is 5.91 Å². The summed E-state index contributed by atoms with van der Waals surface area (Å²) < 4.78 is 10.6. The number of methoxy groups -OCH3 is 1. The third kappa shape index (κ3) is 4.36. The minimum atomic E-state index is -1.24. The van der Waals surface area contributed by atoms with Crippen LogP contribution in [0, 0.1) is 0 Å². The largest absolute Gasteiger partial charge is 0.465 e. The van der Waals surface area contributed by atoms with Crippen LogP contribution in [-0.2, 0) is 14.3 Å². The van der Waals surface area contributed by atoms with Crippen molar-refractivity contribution >= 4 is 12.0 Å². The monoisotopic (exact) mass is 274 g/mol. The van der Waals surface area contributed by atoms with Crippen LogP contribution >= 0.6 is 0 Å². The highest BCUT2D eigenvalue weighted by molar-refractivity contribution is 5.86. The molecule has 0 bridgehead atoms. The number of rotatable bonds is 4. The van der Waals surface area contributed by atoms with Crippen molar-refractivity contribution in [1.82, 2.24) is 10.2 Å². The first kappa shape index (κ1) is 15.7. The van der Waals surface area contributed by atoms with Crippen molar-refractivity contribution in [2.45, 2.75) is 45.1 Å². The summed E-state index contributed by atoms with van der Waals surface area (Å²) in [6.45, 7) is 6.34. The second-order valence-corrected chi connectivity index (χ2v) is 4.87. The zero-order valence-corrected chi connectivity index (χ0v) is 11.8. The van der Waals surface area contributed by atoms with E-state index >= 15 is 0 Å². The lowest BCUT2D eigenvalue weighted by molar-refractivity contribution is -0.148. The van der Waals surface area contributed by atoms with Gasteiger partial charge in [-0.1, -0.05) is 0 Å². The topological polar surface area (TPSA) is 88.1 Å². The van der Waals surface area contributed by atoms with Gasteiger partial charge >= 0.3 is 6.09 Å². The first-order valence-corrected chi connectivity index (χ1v) is 6.31. The van der Waals surface area contributed by atoms with Crippen molar-refractivity contribution in [2.24, 2.45) is 0 Å². The summed E-state index contributed by atoms with van der Waals surface area (Å²) in [6, 6.07) is -0.903. The van der Waals surface area contributed by atoms with Gasteiger partial charge in [0.05, 0.1) is 18.3 Å². The van der Waals surface area contributed by atoms with Crippen LogP contribution in [-0.4, -0.2) is 66.6 Å². The Kier molecular flexibility index (Phi) is 5.56. The number of ether oxygens (including phenoxy) is 2. The first-order valence-electron chi connectivity index (χ1n) is 6.31. The molecule has 2 N–H and O–H groups in total. The van der Waals surface area contributed by atoms with Crippen molar-refractivity contribution in [2.75, 3.05) is 20.2 Å². The third-order valence-corrected chi connectivity index (χ3v) is 3.12. The van der Waals surface area contributed by atoms with E-state index in [0.717, 1.165) is 0 Å². The van der Waals surface area contributed by atoms with Crippen molar-refractivity contribution in [3.8, 4) is 0 Å². The number of carbonyl (C=O) groups is 2. The number of carboxylic acid groups (broad SMARTS) is 1. The molecule has 19 heavy (non-hydrogen) atoms. The fraction of sp³-hybridized carbons (Fsp3) is 0.833. The molecule has 1 aliphatic rings. The molecule has 0 unspecified atom stereocenters. The van der Waals surface area contributed by atoms with Crippen molar-refractivity contribution in [3.05, 3.63) is 0 Å². The molecule has 0 aromatic heterocycles. The van der Waals surface area contributed by atoms with E-state index in [1.807, 2.05) is 13.8 Å². The molecule has 0 radical (unpaired) electrons. The smallest absolute Gasteiger partial charge is 0.405 e. The number of morpholine rings is 1. The number of hydrogen-bond donors (Lipinski definition) is 2. The van der Waals surface area contributed by atoms with Crippen molar-refractivity contribution < 1.29 is 24.2 Å². The van der Waals surface area contributed by atoms with Gasteiger partial charge in [-0.3, -0.25) is 4.79 Å². The lowest BCUT2D eigenvalue weighted by atomic mass is 10.1. The van der Waals surface area contributed by atoms with Gasteiger partial charge in [-0.15, -0.1) is 0 Å². The molecule has 0 aromatic rings. The Bertz CT molecular complexity index is 326. The van der Waals surface area contributed by atoms with Crippen LogP contribution in [0.25, 0.3) is 0 Å². The third-order valence-electron chi connectivity index (χ3n) is 3.12. The van der Waals surface area contributed by atoms with E-state index in [-0.39, 0.29) is 18.1 Å². The molecule has 0 aromatic carbocycles. The summed E-state index contributed by atoms with van der Waals surface area (Å²) in [6.07, 6.45) is -1.89. The molecule has 7 nitrogen and oxygen atoms in total. The van der Waals surface area contributed by atoms with Crippen LogP contribution in [0.3, 0.4) is 0 Å². The minimum absolute atomic E-state index is 0.0592. The van der Waals surface area contributed by atoms with E-state index in [2.05, 4.69) is 5.32 Å². The van der Waals surface area contributed by atoms with Gasteiger partial charge < -0.3 is 24.8 Å². The van der Waals surface area contributed by atoms with Gasteiger partial charge in [-0.25, -0.2) is 4.79 Å². The molecule has 0 saturated carbocycles. The Labute approximate surface area is 112 Å². The van der Waals surface area contributed by atoms with E-state index in [1.54, 1.807) is 11.8 Å². The van der Waals surface area contributed by atoms with E-state index in [1.165, 1.54) is 7.11 Å². The standard InChI is InChI=1S/C12H22N2O5/c1-7-5-14(6-8(2)19-7)11(15)10(9(3)18-4)13-12(16)17/h7-10,13H,5-6H2,1-4H3,(H,16,17)/t7-,8+,9-,10+/m1/s1. The summed E-state index contributed by atoms with van der Waals surface area (Å²) in [5, 5.41) is 11.0. The van der Waals surface area contributed by atoms with Crippen LogP contribution in [0.4, 0.5) is 4.79 Å². The Balaban J connectivity index is 2.77. The summed E-state index contributed by atoms with van der Waals surface area (Å²) in [5.74, 6) is -0.279. The van der Waals surface area contributed by atoms with Crippen LogP contribution in [0.5, 0.6) is 0 Å².